The minimum Gasteiger partial charge on any atom is -0.502 e. The van der Waals surface area contributed by atoms with Gasteiger partial charge in [-0.05, 0) is 41.6 Å². The molecule has 74 valence electrons. The number of nitro groups is 1. The second kappa shape index (κ2) is 3.91. The highest BCUT2D eigenvalue weighted by atomic mass is 127. The second-order valence-corrected chi connectivity index (χ2v) is 3.77. The Kier molecular flexibility index (Phi) is 3.04. The van der Waals surface area contributed by atoms with E-state index in [-0.39, 0.29) is 5.56 Å². The van der Waals surface area contributed by atoms with E-state index in [1.165, 1.54) is 19.1 Å². The third-order valence-electron chi connectivity index (χ3n) is 1.64. The number of nitro benzene ring substituents is 1. The standard InChI is InChI=1S/C8H6INO4/c1-4(11)7-5(9)2-3-6(12)8(7)10(13)14/h2-3,12H,1H3. The van der Waals surface area contributed by atoms with Crippen molar-refractivity contribution in [2.24, 2.45) is 0 Å². The fourth-order valence-electron chi connectivity index (χ4n) is 1.08. The first-order valence-corrected chi connectivity index (χ1v) is 4.69. The Morgan fingerprint density at radius 2 is 2.14 bits per heavy atom. The molecule has 0 aliphatic carbocycles. The maximum atomic E-state index is 11.1. The third-order valence-corrected chi connectivity index (χ3v) is 2.54. The van der Waals surface area contributed by atoms with Crippen LogP contribution >= 0.6 is 22.6 Å². The molecule has 14 heavy (non-hydrogen) atoms. The number of rotatable bonds is 2. The Morgan fingerprint density at radius 3 is 2.50 bits per heavy atom. The number of carbonyl (C=O) groups is 1. The molecule has 0 heterocycles. The number of carbonyl (C=O) groups excluding carboxylic acids is 1. The van der Waals surface area contributed by atoms with Gasteiger partial charge in [-0.3, -0.25) is 14.9 Å². The zero-order chi connectivity index (χ0) is 10.9. The van der Waals surface area contributed by atoms with Gasteiger partial charge in [0.25, 0.3) is 0 Å². The molecule has 1 aromatic rings. The summed E-state index contributed by atoms with van der Waals surface area (Å²) in [6.45, 7) is 1.23. The first-order valence-electron chi connectivity index (χ1n) is 3.62. The average molecular weight is 307 g/mol. The van der Waals surface area contributed by atoms with E-state index < -0.39 is 22.1 Å². The Hall–Kier alpha value is -1.18. The normalized spacial score (nSPS) is 9.86. The van der Waals surface area contributed by atoms with E-state index in [1.54, 1.807) is 0 Å². The highest BCUT2D eigenvalue weighted by Gasteiger charge is 2.24. The van der Waals surface area contributed by atoms with Gasteiger partial charge in [0.05, 0.1) is 4.92 Å². The lowest BCUT2D eigenvalue weighted by Gasteiger charge is -2.03. The summed E-state index contributed by atoms with van der Waals surface area (Å²) in [6.07, 6.45) is 0. The quantitative estimate of drug-likeness (QED) is 0.393. The summed E-state index contributed by atoms with van der Waals surface area (Å²) in [6, 6.07) is 2.66. The minimum atomic E-state index is -0.756. The fourth-order valence-corrected chi connectivity index (χ4v) is 1.89. The molecule has 0 saturated carbocycles. The molecule has 0 spiro atoms. The van der Waals surface area contributed by atoms with Crippen LogP contribution in [0.4, 0.5) is 5.69 Å². The number of benzene rings is 1. The molecular formula is C8H6INO4. The van der Waals surface area contributed by atoms with Crippen molar-refractivity contribution in [1.82, 2.24) is 0 Å². The molecule has 5 nitrogen and oxygen atoms in total. The van der Waals surface area contributed by atoms with Crippen molar-refractivity contribution in [2.45, 2.75) is 6.92 Å². The van der Waals surface area contributed by atoms with Crippen molar-refractivity contribution in [1.29, 1.82) is 0 Å². The van der Waals surface area contributed by atoms with Gasteiger partial charge in [0.15, 0.2) is 11.5 Å². The number of nitrogens with zero attached hydrogens (tertiary/aromatic N) is 1. The van der Waals surface area contributed by atoms with Gasteiger partial charge in [-0.2, -0.15) is 0 Å². The second-order valence-electron chi connectivity index (χ2n) is 2.60. The number of phenols is 1. The van der Waals surface area contributed by atoms with Crippen LogP contribution in [0.2, 0.25) is 0 Å². The number of phenolic OH excluding ortho intramolecular Hbond substituents is 1. The lowest BCUT2D eigenvalue weighted by molar-refractivity contribution is -0.386. The van der Waals surface area contributed by atoms with Gasteiger partial charge in [0.2, 0.25) is 0 Å². The summed E-state index contributed by atoms with van der Waals surface area (Å²) >= 11 is 1.81. The van der Waals surface area contributed by atoms with E-state index >= 15 is 0 Å². The van der Waals surface area contributed by atoms with Crippen LogP contribution in [0.5, 0.6) is 5.75 Å². The highest BCUT2D eigenvalue weighted by Crippen LogP contribution is 2.33. The largest absolute Gasteiger partial charge is 0.502 e. The number of hydrogen-bond acceptors (Lipinski definition) is 4. The van der Waals surface area contributed by atoms with Gasteiger partial charge in [-0.25, -0.2) is 0 Å². The van der Waals surface area contributed by atoms with Crippen LogP contribution in [-0.4, -0.2) is 15.8 Å². The van der Waals surface area contributed by atoms with Gasteiger partial charge in [0, 0.05) is 3.57 Å². The maximum Gasteiger partial charge on any atom is 0.322 e. The molecule has 1 rings (SSSR count). The van der Waals surface area contributed by atoms with Gasteiger partial charge < -0.3 is 5.11 Å². The van der Waals surface area contributed by atoms with Crippen molar-refractivity contribution < 1.29 is 14.8 Å². The number of ketones is 1. The topological polar surface area (TPSA) is 80.4 Å². The van der Waals surface area contributed by atoms with Crippen molar-refractivity contribution in [3.63, 3.8) is 0 Å². The molecular weight excluding hydrogens is 301 g/mol. The zero-order valence-electron chi connectivity index (χ0n) is 7.15. The molecule has 0 aliphatic rings. The van der Waals surface area contributed by atoms with Crippen LogP contribution in [-0.2, 0) is 0 Å². The summed E-state index contributed by atoms with van der Waals surface area (Å²) in [7, 11) is 0. The Morgan fingerprint density at radius 1 is 1.57 bits per heavy atom. The molecule has 0 saturated heterocycles. The van der Waals surface area contributed by atoms with Crippen LogP contribution in [0, 0.1) is 13.7 Å². The SMILES string of the molecule is CC(=O)c1c(I)ccc(O)c1[N+](=O)[O-]. The molecule has 0 atom stereocenters. The van der Waals surface area contributed by atoms with Crippen LogP contribution in [0.1, 0.15) is 17.3 Å². The third kappa shape index (κ3) is 1.84. The summed E-state index contributed by atoms with van der Waals surface area (Å²) in [4.78, 5) is 21.0. The molecule has 6 heteroatoms. The van der Waals surface area contributed by atoms with E-state index in [2.05, 4.69) is 0 Å². The minimum absolute atomic E-state index is 0.0457. The zero-order valence-corrected chi connectivity index (χ0v) is 9.31. The van der Waals surface area contributed by atoms with E-state index in [1.807, 2.05) is 22.6 Å². The monoisotopic (exact) mass is 307 g/mol. The van der Waals surface area contributed by atoms with E-state index in [0.29, 0.717) is 3.57 Å². The number of halogens is 1. The Bertz CT molecular complexity index is 377. The first-order chi connectivity index (χ1) is 6.45. The van der Waals surface area contributed by atoms with Gasteiger partial charge in [-0.15, -0.1) is 0 Å². The molecule has 0 unspecified atom stereocenters. The fraction of sp³-hybridized carbons (Fsp3) is 0.125. The predicted molar refractivity (Wildman–Crippen MR) is 57.5 cm³/mol. The summed E-state index contributed by atoms with van der Waals surface area (Å²) in [5.74, 6) is -0.919. The number of aromatic hydroxyl groups is 1. The molecule has 0 aliphatic heterocycles. The predicted octanol–water partition coefficient (Wildman–Crippen LogP) is 2.11. The van der Waals surface area contributed by atoms with Crippen LogP contribution in [0.15, 0.2) is 12.1 Å². The van der Waals surface area contributed by atoms with Crippen LogP contribution in [0.3, 0.4) is 0 Å². The molecule has 1 N–H and O–H groups in total. The Balaban J connectivity index is 3.58. The molecule has 0 bridgehead atoms. The smallest absolute Gasteiger partial charge is 0.322 e. The van der Waals surface area contributed by atoms with Crippen LogP contribution < -0.4 is 0 Å². The van der Waals surface area contributed by atoms with E-state index in [9.17, 15) is 20.0 Å². The summed E-state index contributed by atoms with van der Waals surface area (Å²) < 4.78 is 0.458. The van der Waals surface area contributed by atoms with Gasteiger partial charge in [-0.1, -0.05) is 0 Å². The molecule has 0 amide bonds. The maximum absolute atomic E-state index is 11.1. The highest BCUT2D eigenvalue weighted by molar-refractivity contribution is 14.1. The summed E-state index contributed by atoms with van der Waals surface area (Å²) in [5.41, 5.74) is -0.569. The van der Waals surface area contributed by atoms with Crippen molar-refractivity contribution in [3.05, 3.63) is 31.4 Å². The van der Waals surface area contributed by atoms with Gasteiger partial charge in [0.1, 0.15) is 5.56 Å². The van der Waals surface area contributed by atoms with Crippen molar-refractivity contribution in [3.8, 4) is 5.75 Å². The van der Waals surface area contributed by atoms with E-state index in [4.69, 9.17) is 0 Å². The average Bonchev–Trinajstić information content (AvgIpc) is 2.07. The molecule has 0 fully saturated rings. The van der Waals surface area contributed by atoms with Crippen molar-refractivity contribution >= 4 is 34.1 Å². The molecule has 0 aromatic heterocycles. The molecule has 1 aromatic carbocycles. The Labute approximate surface area is 93.0 Å². The van der Waals surface area contributed by atoms with Crippen molar-refractivity contribution in [2.75, 3.05) is 0 Å². The summed E-state index contributed by atoms with van der Waals surface area (Å²) in [5, 5.41) is 19.8. The molecule has 0 radical (unpaired) electrons. The van der Waals surface area contributed by atoms with E-state index in [0.717, 1.165) is 0 Å². The number of hydrogen-bond donors (Lipinski definition) is 1. The number of Topliss-reactive ketones (excluding diaryl/α,β-unsaturated/α-hetero) is 1. The van der Waals surface area contributed by atoms with Gasteiger partial charge >= 0.3 is 5.69 Å². The lowest BCUT2D eigenvalue weighted by Crippen LogP contribution is -2.03. The lowest BCUT2D eigenvalue weighted by atomic mass is 10.1. The van der Waals surface area contributed by atoms with Crippen LogP contribution in [0.25, 0.3) is 0 Å². The first kappa shape index (κ1) is 10.9.